The molecule has 9 nitrogen and oxygen atoms in total. The van der Waals surface area contributed by atoms with Gasteiger partial charge in [0.25, 0.3) is 5.91 Å². The van der Waals surface area contributed by atoms with E-state index in [1.54, 1.807) is 24.3 Å². The fraction of sp³-hybridized carbons (Fsp3) is 0.391. The van der Waals surface area contributed by atoms with Crippen molar-refractivity contribution in [1.29, 1.82) is 0 Å². The third kappa shape index (κ3) is 6.44. The summed E-state index contributed by atoms with van der Waals surface area (Å²) in [5.74, 6) is 1.23. The summed E-state index contributed by atoms with van der Waals surface area (Å²) in [7, 11) is 5.91. The molecular weight excluding hydrogens is 418 g/mol. The van der Waals surface area contributed by atoms with Crippen LogP contribution in [-0.4, -0.2) is 53.5 Å². The van der Waals surface area contributed by atoms with Crippen LogP contribution in [0.4, 0.5) is 5.69 Å². The Morgan fingerprint density at radius 1 is 0.844 bits per heavy atom. The van der Waals surface area contributed by atoms with Gasteiger partial charge in [-0.25, -0.2) is 4.79 Å². The number of benzene rings is 2. The Bertz CT molecular complexity index is 917. The Hall–Kier alpha value is -3.62. The van der Waals surface area contributed by atoms with E-state index in [0.29, 0.717) is 47.0 Å². The van der Waals surface area contributed by atoms with Crippen LogP contribution in [0.2, 0.25) is 0 Å². The molecule has 0 fully saturated rings. The molecule has 32 heavy (non-hydrogen) atoms. The highest BCUT2D eigenvalue weighted by atomic mass is 16.5. The van der Waals surface area contributed by atoms with Gasteiger partial charge in [-0.1, -0.05) is 13.8 Å². The molecule has 0 atom stereocenters. The van der Waals surface area contributed by atoms with Crippen LogP contribution >= 0.6 is 0 Å². The van der Waals surface area contributed by atoms with Crippen molar-refractivity contribution in [3.05, 3.63) is 35.9 Å². The third-order valence-corrected chi connectivity index (χ3v) is 4.25. The van der Waals surface area contributed by atoms with Crippen LogP contribution in [0.1, 0.15) is 24.2 Å². The number of nitrogens with one attached hydrogen (secondary N) is 1. The molecule has 0 saturated heterocycles. The zero-order chi connectivity index (χ0) is 23.7. The molecular formula is C23H29NO8. The SMILES string of the molecule is COc1cc(C(=O)OCC(=O)Nc2cc(OC)c(OC)c(OC)c2)ccc1OCC(C)C. The lowest BCUT2D eigenvalue weighted by Gasteiger charge is -2.15. The number of hydrogen-bond donors (Lipinski definition) is 1. The molecule has 174 valence electrons. The van der Waals surface area contributed by atoms with Crippen LogP contribution < -0.4 is 29.0 Å². The number of ether oxygens (including phenoxy) is 6. The Morgan fingerprint density at radius 3 is 2.00 bits per heavy atom. The smallest absolute Gasteiger partial charge is 0.338 e. The van der Waals surface area contributed by atoms with Crippen molar-refractivity contribution in [2.75, 3.05) is 47.0 Å². The lowest BCUT2D eigenvalue weighted by molar-refractivity contribution is -0.119. The van der Waals surface area contributed by atoms with Gasteiger partial charge in [-0.05, 0) is 24.1 Å². The molecule has 0 bridgehead atoms. The van der Waals surface area contributed by atoms with Gasteiger partial charge in [-0.15, -0.1) is 0 Å². The van der Waals surface area contributed by atoms with E-state index in [0.717, 1.165) is 0 Å². The van der Waals surface area contributed by atoms with E-state index in [2.05, 4.69) is 5.32 Å². The minimum absolute atomic E-state index is 0.235. The summed E-state index contributed by atoms with van der Waals surface area (Å²) >= 11 is 0. The van der Waals surface area contributed by atoms with E-state index >= 15 is 0 Å². The van der Waals surface area contributed by atoms with Gasteiger partial charge >= 0.3 is 5.97 Å². The van der Waals surface area contributed by atoms with E-state index < -0.39 is 18.5 Å². The van der Waals surface area contributed by atoms with Crippen LogP contribution in [0.15, 0.2) is 30.3 Å². The van der Waals surface area contributed by atoms with Gasteiger partial charge in [-0.3, -0.25) is 4.79 Å². The van der Waals surface area contributed by atoms with Crippen LogP contribution in [-0.2, 0) is 9.53 Å². The summed E-state index contributed by atoms with van der Waals surface area (Å²) in [6.07, 6.45) is 0. The molecule has 2 aromatic carbocycles. The Labute approximate surface area is 187 Å². The highest BCUT2D eigenvalue weighted by Crippen LogP contribution is 2.39. The van der Waals surface area contributed by atoms with Gasteiger partial charge < -0.3 is 33.7 Å². The van der Waals surface area contributed by atoms with Gasteiger partial charge in [-0.2, -0.15) is 0 Å². The largest absolute Gasteiger partial charge is 0.493 e. The molecule has 2 aromatic rings. The molecule has 0 aliphatic rings. The molecule has 0 unspecified atom stereocenters. The van der Waals surface area contributed by atoms with Crippen molar-refractivity contribution in [1.82, 2.24) is 0 Å². The summed E-state index contributed by atoms with van der Waals surface area (Å²) in [5, 5.41) is 2.63. The van der Waals surface area contributed by atoms with Crippen molar-refractivity contribution in [3.63, 3.8) is 0 Å². The number of methoxy groups -OCH3 is 4. The summed E-state index contributed by atoms with van der Waals surface area (Å²) in [5.41, 5.74) is 0.633. The summed E-state index contributed by atoms with van der Waals surface area (Å²) in [4.78, 5) is 24.7. The average Bonchev–Trinajstić information content (AvgIpc) is 2.80. The van der Waals surface area contributed by atoms with E-state index in [1.165, 1.54) is 34.5 Å². The van der Waals surface area contributed by atoms with Crippen LogP contribution in [0.25, 0.3) is 0 Å². The molecule has 0 aromatic heterocycles. The van der Waals surface area contributed by atoms with Crippen molar-refractivity contribution in [3.8, 4) is 28.7 Å². The number of carbonyl (C=O) groups is 2. The second kappa shape index (κ2) is 11.7. The van der Waals surface area contributed by atoms with E-state index in [9.17, 15) is 9.59 Å². The maximum Gasteiger partial charge on any atom is 0.338 e. The molecule has 1 amide bonds. The number of carbonyl (C=O) groups excluding carboxylic acids is 2. The van der Waals surface area contributed by atoms with Crippen LogP contribution in [0.5, 0.6) is 28.7 Å². The molecule has 0 saturated carbocycles. The number of esters is 1. The fourth-order valence-electron chi connectivity index (χ4n) is 2.74. The monoisotopic (exact) mass is 447 g/mol. The summed E-state index contributed by atoms with van der Waals surface area (Å²) < 4.78 is 31.8. The van der Waals surface area contributed by atoms with E-state index in [-0.39, 0.29) is 5.56 Å². The van der Waals surface area contributed by atoms with Crippen molar-refractivity contribution >= 4 is 17.6 Å². The number of rotatable bonds is 11. The number of anilines is 1. The molecule has 0 spiro atoms. The quantitative estimate of drug-likeness (QED) is 0.522. The third-order valence-electron chi connectivity index (χ3n) is 4.25. The van der Waals surface area contributed by atoms with Gasteiger partial charge in [0.2, 0.25) is 5.75 Å². The first kappa shape index (κ1) is 24.6. The predicted molar refractivity (Wildman–Crippen MR) is 118 cm³/mol. The van der Waals surface area contributed by atoms with Gasteiger partial charge in [0.1, 0.15) is 0 Å². The topological polar surface area (TPSA) is 102 Å². The normalized spacial score (nSPS) is 10.3. The summed E-state index contributed by atoms with van der Waals surface area (Å²) in [6.45, 7) is 4.09. The Balaban J connectivity index is 2.02. The zero-order valence-electron chi connectivity index (χ0n) is 19.1. The first-order valence-electron chi connectivity index (χ1n) is 9.90. The molecule has 0 radical (unpaired) electrons. The van der Waals surface area contributed by atoms with Gasteiger partial charge in [0.05, 0.1) is 40.6 Å². The Kier molecular flexibility index (Phi) is 9.00. The van der Waals surface area contributed by atoms with E-state index in [4.69, 9.17) is 28.4 Å². The van der Waals surface area contributed by atoms with Crippen LogP contribution in [0, 0.1) is 5.92 Å². The maximum atomic E-state index is 12.4. The van der Waals surface area contributed by atoms with E-state index in [1.807, 2.05) is 13.8 Å². The second-order valence-corrected chi connectivity index (χ2v) is 7.11. The van der Waals surface area contributed by atoms with Crippen molar-refractivity contribution < 1.29 is 38.0 Å². The molecule has 9 heteroatoms. The highest BCUT2D eigenvalue weighted by Gasteiger charge is 2.17. The van der Waals surface area contributed by atoms with Gasteiger partial charge in [0, 0.05) is 17.8 Å². The van der Waals surface area contributed by atoms with Crippen molar-refractivity contribution in [2.24, 2.45) is 5.92 Å². The molecule has 0 aliphatic carbocycles. The second-order valence-electron chi connectivity index (χ2n) is 7.11. The Morgan fingerprint density at radius 2 is 1.47 bits per heavy atom. The molecule has 1 N–H and O–H groups in total. The van der Waals surface area contributed by atoms with Crippen LogP contribution in [0.3, 0.4) is 0 Å². The summed E-state index contributed by atoms with van der Waals surface area (Å²) in [6, 6.07) is 7.84. The maximum absolute atomic E-state index is 12.4. The molecule has 0 heterocycles. The lowest BCUT2D eigenvalue weighted by Crippen LogP contribution is -2.21. The molecule has 2 rings (SSSR count). The predicted octanol–water partition coefficient (Wildman–Crippen LogP) is 3.55. The van der Waals surface area contributed by atoms with Gasteiger partial charge in [0.15, 0.2) is 29.6 Å². The van der Waals surface area contributed by atoms with Crippen molar-refractivity contribution in [2.45, 2.75) is 13.8 Å². The minimum atomic E-state index is -0.668. The first-order valence-corrected chi connectivity index (χ1v) is 9.90. The average molecular weight is 447 g/mol. The zero-order valence-corrected chi connectivity index (χ0v) is 19.1. The lowest BCUT2D eigenvalue weighted by atomic mass is 10.2. The number of amides is 1. The number of hydrogen-bond acceptors (Lipinski definition) is 8. The molecule has 0 aliphatic heterocycles. The first-order chi connectivity index (χ1) is 15.3. The fourth-order valence-corrected chi connectivity index (χ4v) is 2.74. The standard InChI is InChI=1S/C23H29NO8/c1-14(2)12-31-17-8-7-15(9-18(17)27-3)23(26)32-13-21(25)24-16-10-19(28-4)22(30-6)20(11-16)29-5/h7-11,14H,12-13H2,1-6H3,(H,24,25). The minimum Gasteiger partial charge on any atom is -0.493 e. The highest BCUT2D eigenvalue weighted by molar-refractivity contribution is 5.96.